The van der Waals surface area contributed by atoms with Crippen molar-refractivity contribution in [2.24, 2.45) is 0 Å². The molecule has 2 nitrogen and oxygen atoms in total. The van der Waals surface area contributed by atoms with Crippen molar-refractivity contribution in [2.45, 2.75) is 53.6 Å². The summed E-state index contributed by atoms with van der Waals surface area (Å²) in [6.45, 7) is 12.4. The van der Waals surface area contributed by atoms with Crippen LogP contribution in [0.15, 0.2) is 0 Å². The van der Waals surface area contributed by atoms with Gasteiger partial charge >= 0.3 is 0 Å². The van der Waals surface area contributed by atoms with Crippen LogP contribution in [0.4, 0.5) is 0 Å². The van der Waals surface area contributed by atoms with Gasteiger partial charge in [-0.15, -0.1) is 0 Å². The van der Waals surface area contributed by atoms with Gasteiger partial charge in [-0.2, -0.15) is 0 Å². The van der Waals surface area contributed by atoms with Gasteiger partial charge in [0.05, 0.1) is 20.1 Å². The maximum Gasteiger partial charge on any atom is 0.0606 e. The first kappa shape index (κ1) is 42.9. The van der Waals surface area contributed by atoms with Crippen LogP contribution in [0.1, 0.15) is 34.6 Å². The molecule has 0 bridgehead atoms. The average Bonchev–Trinajstić information content (AvgIpc) is 2.09. The minimum absolute atomic E-state index is 0. The van der Waals surface area contributed by atoms with E-state index in [1.165, 1.54) is 6.82 Å². The van der Waals surface area contributed by atoms with E-state index in [4.69, 9.17) is 9.47 Å². The van der Waals surface area contributed by atoms with Crippen molar-refractivity contribution in [3.05, 3.63) is 14.9 Å². The predicted molar refractivity (Wildman–Crippen MR) is 73.4 cm³/mol. The van der Waals surface area contributed by atoms with E-state index in [1.807, 2.05) is 34.6 Å². The van der Waals surface area contributed by atoms with E-state index < -0.39 is 0 Å². The standard InChI is InChI=1S/C5H12O.C4H10O.CH3B.2CH3.V.W/c1-4-6-5(2)3;1-4(2)5-3;1-2;;;;/h5H,4H2,1-3H3;4H,1-3H3;1H3;2*1H3;;/q;;;2*-1;;. The molecule has 3 radical (unpaired) electrons. The SMILES string of the molecule is CCOC(C)C.COC(C)C.[B]C.[CH3-].[CH3-].[V].[W]. The molecule has 0 unspecified atom stereocenters. The number of methoxy groups -OCH3 is 1. The van der Waals surface area contributed by atoms with Gasteiger partial charge in [-0.3, -0.25) is 0 Å². The van der Waals surface area contributed by atoms with Crippen molar-refractivity contribution in [1.29, 1.82) is 0 Å². The van der Waals surface area contributed by atoms with Crippen LogP contribution in [-0.2, 0) is 49.1 Å². The molecular weight excluding hydrogens is 422 g/mol. The van der Waals surface area contributed by atoms with E-state index >= 15 is 0 Å². The molecule has 0 aliphatic carbocycles. The first-order valence-corrected chi connectivity index (χ1v) is 4.76. The molecule has 0 aliphatic rings. The molecule has 0 N–H and O–H groups in total. The Bertz CT molecular complexity index is 77.5. The van der Waals surface area contributed by atoms with Crippen LogP contribution in [0.3, 0.4) is 0 Å². The fourth-order valence-electron chi connectivity index (χ4n) is 0.333. The van der Waals surface area contributed by atoms with Crippen molar-refractivity contribution in [1.82, 2.24) is 0 Å². The quantitative estimate of drug-likeness (QED) is 0.481. The van der Waals surface area contributed by atoms with Crippen LogP contribution in [0.5, 0.6) is 0 Å². The molecular formula is C12H31BO2VW-2. The Morgan fingerprint density at radius 2 is 1.18 bits per heavy atom. The van der Waals surface area contributed by atoms with Crippen LogP contribution in [0, 0.1) is 14.9 Å². The fraction of sp³-hybridized carbons (Fsp3) is 0.833. The Labute approximate surface area is 139 Å². The second kappa shape index (κ2) is 43.4. The molecule has 0 heterocycles. The van der Waals surface area contributed by atoms with Gasteiger partial charge in [-0.05, 0) is 34.6 Å². The minimum Gasteiger partial charge on any atom is -0.382 e. The first-order chi connectivity index (χ1) is 6.04. The van der Waals surface area contributed by atoms with E-state index in [2.05, 4.69) is 7.85 Å². The Hall–Kier alpha value is 1.26. The van der Waals surface area contributed by atoms with Gasteiger partial charge in [-0.25, -0.2) is 0 Å². The number of ether oxygens (including phenoxy) is 2. The second-order valence-corrected chi connectivity index (χ2v) is 2.79. The van der Waals surface area contributed by atoms with Gasteiger partial charge in [0.15, 0.2) is 0 Å². The summed E-state index contributed by atoms with van der Waals surface area (Å²) >= 11 is 0. The smallest absolute Gasteiger partial charge is 0.0606 e. The first-order valence-electron chi connectivity index (χ1n) is 4.76. The van der Waals surface area contributed by atoms with E-state index in [1.54, 1.807) is 7.11 Å². The third kappa shape index (κ3) is 103. The fourth-order valence-corrected chi connectivity index (χ4v) is 0.333. The Kier molecular flexibility index (Phi) is 109. The van der Waals surface area contributed by atoms with Crippen molar-refractivity contribution >= 4 is 7.85 Å². The summed E-state index contributed by atoms with van der Waals surface area (Å²) < 4.78 is 9.79. The zero-order valence-electron chi connectivity index (χ0n) is 13.1. The third-order valence-electron chi connectivity index (χ3n) is 0.971. The van der Waals surface area contributed by atoms with E-state index in [0.717, 1.165) is 6.61 Å². The molecule has 0 atom stereocenters. The van der Waals surface area contributed by atoms with Crippen molar-refractivity contribution in [2.75, 3.05) is 13.7 Å². The van der Waals surface area contributed by atoms with E-state index in [0.29, 0.717) is 12.2 Å². The molecule has 0 spiro atoms. The van der Waals surface area contributed by atoms with Crippen molar-refractivity contribution in [3.63, 3.8) is 0 Å². The monoisotopic (exact) mass is 453 g/mol. The maximum atomic E-state index is 5.04. The van der Waals surface area contributed by atoms with Gasteiger partial charge in [0.1, 0.15) is 0 Å². The van der Waals surface area contributed by atoms with Gasteiger partial charge < -0.3 is 24.3 Å². The van der Waals surface area contributed by atoms with Crippen LogP contribution in [-0.4, -0.2) is 33.8 Å². The summed E-state index contributed by atoms with van der Waals surface area (Å²) in [5.74, 6) is 0. The van der Waals surface area contributed by atoms with Crippen molar-refractivity contribution in [3.8, 4) is 0 Å². The average molecular weight is 453 g/mol. The van der Waals surface area contributed by atoms with Crippen LogP contribution >= 0.6 is 0 Å². The van der Waals surface area contributed by atoms with Crippen LogP contribution in [0.2, 0.25) is 6.82 Å². The number of rotatable bonds is 3. The Morgan fingerprint density at radius 1 is 0.941 bits per heavy atom. The molecule has 0 amide bonds. The topological polar surface area (TPSA) is 18.5 Å². The maximum absolute atomic E-state index is 5.04. The van der Waals surface area contributed by atoms with Gasteiger partial charge in [0.2, 0.25) is 0 Å². The van der Waals surface area contributed by atoms with Gasteiger partial charge in [0, 0.05) is 53.3 Å². The molecule has 0 aliphatic heterocycles. The number of hydrogen-bond acceptors (Lipinski definition) is 2. The van der Waals surface area contributed by atoms with Gasteiger partial charge in [0.25, 0.3) is 0 Å². The van der Waals surface area contributed by atoms with Gasteiger partial charge in [-0.1, -0.05) is 6.82 Å². The second-order valence-electron chi connectivity index (χ2n) is 2.79. The molecule has 0 aromatic rings. The van der Waals surface area contributed by atoms with Crippen LogP contribution in [0.25, 0.3) is 0 Å². The third-order valence-corrected chi connectivity index (χ3v) is 0.971. The Morgan fingerprint density at radius 3 is 1.18 bits per heavy atom. The number of hydrogen-bond donors (Lipinski definition) is 0. The zero-order valence-corrected chi connectivity index (χ0v) is 17.4. The molecule has 0 aromatic heterocycles. The molecule has 0 rings (SSSR count). The molecule has 0 saturated carbocycles. The normalized spacial score (nSPS) is 6.65. The van der Waals surface area contributed by atoms with Crippen LogP contribution < -0.4 is 0 Å². The van der Waals surface area contributed by atoms with Crippen molar-refractivity contribution < 1.29 is 49.1 Å². The zero-order chi connectivity index (χ0) is 11.3. The summed E-state index contributed by atoms with van der Waals surface area (Å²) in [5, 5.41) is 0. The van der Waals surface area contributed by atoms with E-state index in [9.17, 15) is 0 Å². The summed E-state index contributed by atoms with van der Waals surface area (Å²) in [6, 6.07) is 0. The summed E-state index contributed by atoms with van der Waals surface area (Å²) in [6.07, 6.45) is 0.782. The molecule has 5 heteroatoms. The molecule has 107 valence electrons. The minimum atomic E-state index is 0. The largest absolute Gasteiger partial charge is 0.382 e. The molecule has 0 saturated heterocycles. The molecule has 17 heavy (non-hydrogen) atoms. The predicted octanol–water partition coefficient (Wildman–Crippen LogP) is 3.57. The molecule has 0 fully saturated rings. The Balaban J connectivity index is -0.0000000171. The molecule has 0 aromatic carbocycles. The summed E-state index contributed by atoms with van der Waals surface area (Å²) in [7, 11) is 6.20. The summed E-state index contributed by atoms with van der Waals surface area (Å²) in [4.78, 5) is 0. The summed E-state index contributed by atoms with van der Waals surface area (Å²) in [5.41, 5.74) is 0. The van der Waals surface area contributed by atoms with E-state index in [-0.39, 0.29) is 54.5 Å².